The number of aliphatic hydroxyl groups excluding tert-OH is 2. The van der Waals surface area contributed by atoms with E-state index in [4.69, 9.17) is 23.8 Å². The SMILES string of the molecule is C=CCO[C@@]12Oc3ccc(O)cc3[C@H]3[C@H](CCCCO)[C@@H](CCCCO)C=C(C(=NOC)C[C@@H]1N(Cc1ccc4c(c1)OCO4)C(=O)C=Cc1ccc([N+](=O)[O-])cc1)[C@H]32. The number of phenolic OH excluding ortho intramolecular Hbond substituents is 1. The lowest BCUT2D eigenvalue weighted by molar-refractivity contribution is -0.384. The van der Waals surface area contributed by atoms with Gasteiger partial charge < -0.3 is 44.0 Å². The molecule has 3 aromatic carbocycles. The van der Waals surface area contributed by atoms with Crippen molar-refractivity contribution in [2.45, 2.75) is 69.2 Å². The Kier molecular flexibility index (Phi) is 13.0. The van der Waals surface area contributed by atoms with Crippen LogP contribution in [-0.2, 0) is 20.9 Å². The van der Waals surface area contributed by atoms with E-state index in [-0.39, 0.29) is 74.7 Å². The van der Waals surface area contributed by atoms with E-state index in [2.05, 4.69) is 17.8 Å². The Morgan fingerprint density at radius 2 is 1.76 bits per heavy atom. The number of carbonyl (C=O) groups is 1. The molecule has 3 aromatic rings. The molecule has 14 nitrogen and oxygen atoms in total. The topological polar surface area (TPSA) is 183 Å². The van der Waals surface area contributed by atoms with Crippen molar-refractivity contribution in [2.75, 3.05) is 33.7 Å². The van der Waals surface area contributed by atoms with Crippen molar-refractivity contribution in [3.05, 3.63) is 118 Å². The lowest BCUT2D eigenvalue weighted by Crippen LogP contribution is -2.70. The molecule has 7 rings (SSSR count). The predicted molar refractivity (Wildman–Crippen MR) is 219 cm³/mol. The molecule has 2 heterocycles. The van der Waals surface area contributed by atoms with Crippen molar-refractivity contribution < 1.29 is 48.8 Å². The van der Waals surface area contributed by atoms with Crippen molar-refractivity contribution in [1.29, 1.82) is 0 Å². The number of aromatic hydroxyl groups is 1. The summed E-state index contributed by atoms with van der Waals surface area (Å²) >= 11 is 0. The second-order valence-corrected chi connectivity index (χ2v) is 15.3. The van der Waals surface area contributed by atoms with Crippen LogP contribution in [0, 0.1) is 27.9 Å². The number of ether oxygens (including phenoxy) is 4. The molecule has 0 spiro atoms. The smallest absolute Gasteiger partial charge is 0.269 e. The van der Waals surface area contributed by atoms with E-state index >= 15 is 0 Å². The first-order valence-electron chi connectivity index (χ1n) is 20.1. The zero-order chi connectivity index (χ0) is 41.5. The molecule has 59 heavy (non-hydrogen) atoms. The number of non-ortho nitro benzene ring substituents is 1. The largest absolute Gasteiger partial charge is 0.508 e. The standard InChI is InChI=1S/C45H51N3O11/c1-3-22-58-45-41(47(27-30-12-17-39-40(23-30)57-28-56-39)42(52)19-13-29-10-14-32(15-11-29)48(53)54)26-37(46-55-2)35-24-31(8-4-6-20-49)34(9-5-7-21-50)43(44(35)45)36-25-33(51)16-18-38(36)59-45/h3,10-19,23-25,31,34,41,43-44,49-51H,1,4-9,20-22,26-28H2,2H3/t31-,34+,41-,43+,44+,45+/m0/s1. The Morgan fingerprint density at radius 3 is 2.49 bits per heavy atom. The number of fused-ring (bicyclic) bond motifs is 3. The summed E-state index contributed by atoms with van der Waals surface area (Å²) in [5.41, 5.74) is 3.59. The van der Waals surface area contributed by atoms with Crippen LogP contribution in [0.15, 0.2) is 96.2 Å². The predicted octanol–water partition coefficient (Wildman–Crippen LogP) is 7.03. The average molecular weight is 810 g/mol. The molecule has 1 amide bonds. The van der Waals surface area contributed by atoms with E-state index in [1.54, 1.807) is 53.5 Å². The number of carbonyl (C=O) groups excluding carboxylic acids is 1. The summed E-state index contributed by atoms with van der Waals surface area (Å²) in [6.45, 7) is 4.37. The minimum Gasteiger partial charge on any atom is -0.508 e. The van der Waals surface area contributed by atoms with E-state index in [0.29, 0.717) is 41.4 Å². The highest BCUT2D eigenvalue weighted by atomic mass is 16.7. The fourth-order valence-corrected chi connectivity index (χ4v) is 9.32. The first-order valence-corrected chi connectivity index (χ1v) is 20.1. The van der Waals surface area contributed by atoms with Gasteiger partial charge in [-0.3, -0.25) is 14.9 Å². The summed E-state index contributed by atoms with van der Waals surface area (Å²) in [7, 11) is 1.49. The molecule has 312 valence electrons. The van der Waals surface area contributed by atoms with E-state index in [1.807, 2.05) is 12.1 Å². The number of nitrogens with zero attached hydrogens (tertiary/aromatic N) is 3. The zero-order valence-electron chi connectivity index (χ0n) is 33.1. The van der Waals surface area contributed by atoms with Crippen LogP contribution < -0.4 is 14.2 Å². The van der Waals surface area contributed by atoms with Crippen LogP contribution >= 0.6 is 0 Å². The molecular weight excluding hydrogens is 759 g/mol. The molecule has 2 aliphatic heterocycles. The summed E-state index contributed by atoms with van der Waals surface area (Å²) in [5.74, 6) is -0.960. The second kappa shape index (κ2) is 18.5. The Bertz CT molecular complexity index is 2100. The number of amides is 1. The molecule has 4 aliphatic rings. The van der Waals surface area contributed by atoms with Gasteiger partial charge in [-0.15, -0.1) is 6.58 Å². The number of oxime groups is 1. The van der Waals surface area contributed by atoms with Crippen LogP contribution in [0.25, 0.3) is 6.08 Å². The van der Waals surface area contributed by atoms with E-state index in [1.165, 1.54) is 25.3 Å². The molecule has 0 saturated heterocycles. The van der Waals surface area contributed by atoms with Gasteiger partial charge in [0.15, 0.2) is 11.5 Å². The minimum atomic E-state index is -1.51. The molecule has 2 aliphatic carbocycles. The third-order valence-electron chi connectivity index (χ3n) is 11.8. The lowest BCUT2D eigenvalue weighted by Gasteiger charge is -2.60. The second-order valence-electron chi connectivity index (χ2n) is 15.3. The maximum atomic E-state index is 14.9. The van der Waals surface area contributed by atoms with Gasteiger partial charge in [-0.2, -0.15) is 0 Å². The highest BCUT2D eigenvalue weighted by Gasteiger charge is 2.65. The zero-order valence-corrected chi connectivity index (χ0v) is 33.1. The van der Waals surface area contributed by atoms with Gasteiger partial charge in [0.2, 0.25) is 18.5 Å². The third kappa shape index (κ3) is 8.56. The summed E-state index contributed by atoms with van der Waals surface area (Å²) in [6, 6.07) is 15.7. The number of unbranched alkanes of at least 4 members (excludes halogenated alkanes) is 2. The monoisotopic (exact) mass is 809 g/mol. The number of allylic oxidation sites excluding steroid dienone is 1. The molecule has 0 bridgehead atoms. The first kappa shape index (κ1) is 41.5. The molecule has 1 saturated carbocycles. The van der Waals surface area contributed by atoms with Gasteiger partial charge in [-0.25, -0.2) is 0 Å². The van der Waals surface area contributed by atoms with Crippen LogP contribution in [0.4, 0.5) is 5.69 Å². The van der Waals surface area contributed by atoms with Crippen LogP contribution in [0.3, 0.4) is 0 Å². The Morgan fingerprint density at radius 1 is 1.02 bits per heavy atom. The molecule has 3 N–H and O–H groups in total. The van der Waals surface area contributed by atoms with Gasteiger partial charge in [-0.1, -0.05) is 36.2 Å². The van der Waals surface area contributed by atoms with Gasteiger partial charge in [0, 0.05) is 55.9 Å². The van der Waals surface area contributed by atoms with Crippen LogP contribution in [0.5, 0.6) is 23.0 Å². The molecule has 6 atom stereocenters. The van der Waals surface area contributed by atoms with E-state index in [9.17, 15) is 30.2 Å². The number of hydrogen-bond donors (Lipinski definition) is 3. The number of aliphatic hydroxyl groups is 2. The van der Waals surface area contributed by atoms with Gasteiger partial charge in [0.05, 0.1) is 23.2 Å². The average Bonchev–Trinajstić information content (AvgIpc) is 3.71. The van der Waals surface area contributed by atoms with Crippen LogP contribution in [0.1, 0.15) is 67.6 Å². The number of hydrogen-bond acceptors (Lipinski definition) is 12. The van der Waals surface area contributed by atoms with Gasteiger partial charge >= 0.3 is 0 Å². The van der Waals surface area contributed by atoms with Crippen molar-refractivity contribution in [3.8, 4) is 23.0 Å². The Labute approximate surface area is 343 Å². The molecule has 1 fully saturated rings. The number of benzene rings is 3. The van der Waals surface area contributed by atoms with Crippen molar-refractivity contribution >= 4 is 23.4 Å². The van der Waals surface area contributed by atoms with E-state index in [0.717, 1.165) is 42.4 Å². The first-order chi connectivity index (χ1) is 28.7. The highest BCUT2D eigenvalue weighted by Crippen LogP contribution is 2.62. The number of phenols is 1. The van der Waals surface area contributed by atoms with Crippen molar-refractivity contribution in [3.63, 3.8) is 0 Å². The maximum Gasteiger partial charge on any atom is 0.269 e. The molecule has 14 heteroatoms. The summed E-state index contributed by atoms with van der Waals surface area (Å²) < 4.78 is 25.5. The third-order valence-corrected chi connectivity index (χ3v) is 11.8. The Hall–Kier alpha value is -5.70. The van der Waals surface area contributed by atoms with Gasteiger partial charge in [-0.05, 0) is 103 Å². The molecule has 0 unspecified atom stereocenters. The molecular formula is C45H51N3O11. The summed E-state index contributed by atoms with van der Waals surface area (Å²) in [4.78, 5) is 33.0. The summed E-state index contributed by atoms with van der Waals surface area (Å²) in [6.07, 6.45) is 11.5. The van der Waals surface area contributed by atoms with Crippen molar-refractivity contribution in [2.24, 2.45) is 22.9 Å². The van der Waals surface area contributed by atoms with Gasteiger partial charge in [0.1, 0.15) is 24.7 Å². The normalized spacial score (nSPS) is 24.5. The van der Waals surface area contributed by atoms with Crippen LogP contribution in [0.2, 0.25) is 0 Å². The number of nitro benzene ring substituents is 1. The Balaban J connectivity index is 1.41. The lowest BCUT2D eigenvalue weighted by atomic mass is 9.55. The molecule has 0 radical (unpaired) electrons. The number of nitro groups is 1. The summed E-state index contributed by atoms with van der Waals surface area (Å²) in [5, 5.41) is 46.5. The van der Waals surface area contributed by atoms with Crippen molar-refractivity contribution in [1.82, 2.24) is 4.90 Å². The molecule has 0 aromatic heterocycles. The highest BCUT2D eigenvalue weighted by molar-refractivity contribution is 6.03. The minimum absolute atomic E-state index is 0.00672. The quantitative estimate of drug-likeness (QED) is 0.0394. The fourth-order valence-electron chi connectivity index (χ4n) is 9.32. The van der Waals surface area contributed by atoms with Crippen LogP contribution in [-0.4, -0.2) is 82.3 Å². The van der Waals surface area contributed by atoms with E-state index < -0.39 is 22.7 Å². The maximum absolute atomic E-state index is 14.9. The van der Waals surface area contributed by atoms with Gasteiger partial charge in [0.25, 0.3) is 5.69 Å². The number of rotatable bonds is 18. The fraction of sp³-hybridized carbons (Fsp3) is 0.422.